The van der Waals surface area contributed by atoms with Crippen LogP contribution >= 0.6 is 38.5 Å². The maximum absolute atomic E-state index is 10.7. The van der Waals surface area contributed by atoms with Gasteiger partial charge in [0.1, 0.15) is 0 Å². The molecule has 1 N–H and O–H groups in total. The molecular formula is C11H11BrINOSe. The third-order valence-corrected chi connectivity index (χ3v) is 5.80. The zero-order valence-corrected chi connectivity index (χ0v) is 14.1. The molecule has 0 unspecified atom stereocenters. The summed E-state index contributed by atoms with van der Waals surface area (Å²) in [6.45, 7) is 2.16. The summed E-state index contributed by atoms with van der Waals surface area (Å²) < 4.78 is 3.60. The fourth-order valence-electron chi connectivity index (χ4n) is 0.896. The van der Waals surface area contributed by atoms with E-state index < -0.39 is 0 Å². The number of benzene rings is 1. The summed E-state index contributed by atoms with van der Waals surface area (Å²) in [4.78, 5) is 12.9. The van der Waals surface area contributed by atoms with E-state index in [-0.39, 0.29) is 5.91 Å². The molecule has 0 heterocycles. The molecule has 0 saturated heterocycles. The Labute approximate surface area is 124 Å². The third kappa shape index (κ3) is 6.03. The first-order chi connectivity index (χ1) is 7.58. The van der Waals surface area contributed by atoms with E-state index in [4.69, 9.17) is 0 Å². The molecule has 1 rings (SSSR count). The van der Waals surface area contributed by atoms with Gasteiger partial charge < -0.3 is 0 Å². The first-order valence-electron chi connectivity index (χ1n) is 4.59. The molecule has 0 saturated carbocycles. The molecule has 86 valence electrons. The molecule has 0 aliphatic rings. The van der Waals surface area contributed by atoms with Gasteiger partial charge in [0.25, 0.3) is 0 Å². The van der Waals surface area contributed by atoms with Gasteiger partial charge in [-0.2, -0.15) is 0 Å². The van der Waals surface area contributed by atoms with Crippen LogP contribution in [0.25, 0.3) is 0 Å². The van der Waals surface area contributed by atoms with Crippen LogP contribution < -0.4 is 9.78 Å². The van der Waals surface area contributed by atoms with Gasteiger partial charge in [0.05, 0.1) is 0 Å². The molecule has 1 amide bonds. The van der Waals surface area contributed by atoms with Crippen molar-refractivity contribution < 1.29 is 4.79 Å². The second-order valence-electron chi connectivity index (χ2n) is 3.05. The minimum absolute atomic E-state index is 0.0127. The van der Waals surface area contributed by atoms with E-state index in [9.17, 15) is 4.79 Å². The van der Waals surface area contributed by atoms with Crippen LogP contribution in [-0.2, 0) is 4.79 Å². The number of halogens is 2. The molecule has 0 bridgehead atoms. The molecule has 0 radical (unpaired) electrons. The number of hydrogen-bond donors (Lipinski definition) is 1. The molecule has 16 heavy (non-hydrogen) atoms. The average molecular weight is 459 g/mol. The van der Waals surface area contributed by atoms with Crippen molar-refractivity contribution in [3.63, 3.8) is 0 Å². The number of nitrogens with one attached hydrogen (secondary N) is 1. The zero-order valence-electron chi connectivity index (χ0n) is 8.67. The van der Waals surface area contributed by atoms with Crippen molar-refractivity contribution in [1.82, 2.24) is 5.32 Å². The Balaban J connectivity index is 2.45. The molecular weight excluding hydrogens is 448 g/mol. The van der Waals surface area contributed by atoms with Crippen molar-refractivity contribution in [1.29, 1.82) is 0 Å². The zero-order chi connectivity index (χ0) is 12.0. The van der Waals surface area contributed by atoms with E-state index in [1.54, 1.807) is 0 Å². The Kier molecular flexibility index (Phi) is 6.65. The van der Waals surface area contributed by atoms with Gasteiger partial charge in [-0.15, -0.1) is 0 Å². The minimum atomic E-state index is 0.0127. The van der Waals surface area contributed by atoms with Crippen LogP contribution in [0, 0.1) is 0 Å². The van der Waals surface area contributed by atoms with Crippen LogP contribution in [0.1, 0.15) is 6.92 Å². The van der Waals surface area contributed by atoms with Gasteiger partial charge >= 0.3 is 125 Å². The van der Waals surface area contributed by atoms with Crippen molar-refractivity contribution in [3.8, 4) is 0 Å². The van der Waals surface area contributed by atoms with Gasteiger partial charge in [-0.3, -0.25) is 0 Å². The van der Waals surface area contributed by atoms with Gasteiger partial charge in [-0.05, 0) is 0 Å². The Hall–Kier alpha value is 0.159. The van der Waals surface area contributed by atoms with Crippen molar-refractivity contribution in [2.45, 2.75) is 6.92 Å². The predicted molar refractivity (Wildman–Crippen MR) is 80.3 cm³/mol. The van der Waals surface area contributed by atoms with Gasteiger partial charge in [0.15, 0.2) is 0 Å². The average Bonchev–Trinajstić information content (AvgIpc) is 2.25. The first-order valence-corrected chi connectivity index (χ1v) is 8.31. The predicted octanol–water partition coefficient (Wildman–Crippen LogP) is 2.19. The van der Waals surface area contributed by atoms with E-state index in [0.717, 1.165) is 4.47 Å². The van der Waals surface area contributed by atoms with Crippen LogP contribution in [0.2, 0.25) is 0 Å². The number of hydrogen-bond acceptors (Lipinski definition) is 1. The molecule has 1 aromatic carbocycles. The van der Waals surface area contributed by atoms with Crippen molar-refractivity contribution in [3.05, 3.63) is 37.3 Å². The molecule has 0 aliphatic heterocycles. The number of rotatable bonds is 4. The summed E-state index contributed by atoms with van der Waals surface area (Å²) in [6.07, 6.45) is 0. The van der Waals surface area contributed by atoms with E-state index in [0.29, 0.717) is 21.5 Å². The van der Waals surface area contributed by atoms with Crippen LogP contribution in [0.3, 0.4) is 0 Å². The standard InChI is InChI=1S/C11H11BrINOSe/c1-8(15)14-6-10(13)7-16-11-4-2-9(12)3-5-11/h2-5,7H,6H2,1H3,(H,14,15)/b10-7-. The van der Waals surface area contributed by atoms with E-state index in [1.165, 1.54) is 15.0 Å². The van der Waals surface area contributed by atoms with Gasteiger partial charge in [0, 0.05) is 0 Å². The molecule has 0 atom stereocenters. The monoisotopic (exact) mass is 459 g/mol. The quantitative estimate of drug-likeness (QED) is 0.544. The summed E-state index contributed by atoms with van der Waals surface area (Å²) in [5, 5.41) is 2.78. The summed E-state index contributed by atoms with van der Waals surface area (Å²) in [5.74, 6) is 0.0127. The van der Waals surface area contributed by atoms with Gasteiger partial charge in [-0.1, -0.05) is 0 Å². The van der Waals surface area contributed by atoms with E-state index >= 15 is 0 Å². The first kappa shape index (κ1) is 14.2. The summed E-state index contributed by atoms with van der Waals surface area (Å²) in [6, 6.07) is 8.32. The molecule has 0 spiro atoms. The van der Waals surface area contributed by atoms with E-state index in [2.05, 4.69) is 60.9 Å². The van der Waals surface area contributed by atoms with Crippen LogP contribution in [-0.4, -0.2) is 27.4 Å². The van der Waals surface area contributed by atoms with Crippen molar-refractivity contribution in [2.75, 3.05) is 6.54 Å². The molecule has 2 nitrogen and oxygen atoms in total. The molecule has 1 aromatic rings. The van der Waals surface area contributed by atoms with E-state index in [1.807, 2.05) is 12.1 Å². The van der Waals surface area contributed by atoms with Crippen LogP contribution in [0.4, 0.5) is 0 Å². The second kappa shape index (κ2) is 7.48. The van der Waals surface area contributed by atoms with Gasteiger partial charge in [0.2, 0.25) is 0 Å². The second-order valence-corrected chi connectivity index (χ2v) is 7.33. The fourth-order valence-corrected chi connectivity index (χ4v) is 3.36. The Bertz CT molecular complexity index is 391. The third-order valence-electron chi connectivity index (χ3n) is 1.64. The Morgan fingerprint density at radius 2 is 2.12 bits per heavy atom. The summed E-state index contributed by atoms with van der Waals surface area (Å²) in [7, 11) is 0. The molecule has 0 aromatic heterocycles. The maximum atomic E-state index is 10.7. The Morgan fingerprint density at radius 1 is 1.50 bits per heavy atom. The number of carbonyl (C=O) groups is 1. The summed E-state index contributed by atoms with van der Waals surface area (Å²) in [5.41, 5.74) is 0. The van der Waals surface area contributed by atoms with Crippen LogP contribution in [0.15, 0.2) is 37.3 Å². The topological polar surface area (TPSA) is 29.1 Å². The van der Waals surface area contributed by atoms with Gasteiger partial charge in [-0.25, -0.2) is 0 Å². The Morgan fingerprint density at radius 3 is 2.69 bits per heavy atom. The number of amides is 1. The normalized spacial score (nSPS) is 11.3. The van der Waals surface area contributed by atoms with Crippen molar-refractivity contribution >= 4 is 63.8 Å². The fraction of sp³-hybridized carbons (Fsp3) is 0.182. The molecule has 0 aliphatic carbocycles. The van der Waals surface area contributed by atoms with Crippen molar-refractivity contribution in [2.24, 2.45) is 0 Å². The number of carbonyl (C=O) groups excluding carboxylic acids is 1. The van der Waals surface area contributed by atoms with Crippen LogP contribution in [0.5, 0.6) is 0 Å². The molecule has 0 fully saturated rings. The summed E-state index contributed by atoms with van der Waals surface area (Å²) >= 11 is 6.00. The SMILES string of the molecule is CC(=O)NC/C(I)=C/[Se]c1ccc(Br)cc1. The molecule has 5 heteroatoms.